The minimum absolute atomic E-state index is 0.0687. The molecule has 0 bridgehead atoms. The second-order valence-electron chi connectivity index (χ2n) is 10.3. The predicted octanol–water partition coefficient (Wildman–Crippen LogP) is 5.87. The smallest absolute Gasteiger partial charge is 0.343 e. The normalized spacial score (nSPS) is 20.0. The largest absolute Gasteiger partial charge is 0.423 e. The van der Waals surface area contributed by atoms with Crippen LogP contribution in [0.3, 0.4) is 0 Å². The summed E-state index contributed by atoms with van der Waals surface area (Å²) in [7, 11) is 0. The first-order valence-electron chi connectivity index (χ1n) is 13.2. The molecular formula is C31H26Cl2N2O6. The summed E-state index contributed by atoms with van der Waals surface area (Å²) in [5.41, 5.74) is 0.639. The third-order valence-electron chi connectivity index (χ3n) is 7.50. The maximum atomic E-state index is 13.7. The number of halogens is 2. The average molecular weight is 593 g/mol. The first-order chi connectivity index (χ1) is 19.6. The van der Waals surface area contributed by atoms with Crippen LogP contribution in [-0.4, -0.2) is 46.0 Å². The van der Waals surface area contributed by atoms with E-state index >= 15 is 0 Å². The van der Waals surface area contributed by atoms with Crippen LogP contribution >= 0.6 is 23.2 Å². The van der Waals surface area contributed by atoms with Crippen LogP contribution in [-0.2, 0) is 9.59 Å². The molecule has 210 valence electrons. The molecule has 3 atom stereocenters. The molecule has 0 spiro atoms. The number of hydrogen-bond acceptors (Lipinski definition) is 6. The van der Waals surface area contributed by atoms with E-state index in [0.717, 1.165) is 16.4 Å². The van der Waals surface area contributed by atoms with Crippen molar-refractivity contribution in [2.24, 2.45) is 17.8 Å². The number of ether oxygens (including phenoxy) is 1. The highest BCUT2D eigenvalue weighted by Gasteiger charge is 2.52. The zero-order valence-electron chi connectivity index (χ0n) is 22.1. The summed E-state index contributed by atoms with van der Waals surface area (Å²) < 4.78 is 5.37. The van der Waals surface area contributed by atoms with Gasteiger partial charge in [0.15, 0.2) is 5.78 Å². The molecule has 0 N–H and O–H groups in total. The number of ketones is 1. The van der Waals surface area contributed by atoms with E-state index < -0.39 is 47.9 Å². The van der Waals surface area contributed by atoms with Gasteiger partial charge in [-0.3, -0.25) is 19.2 Å². The Balaban J connectivity index is 1.39. The molecule has 0 unspecified atom stereocenters. The molecule has 10 heteroatoms. The second-order valence-corrected chi connectivity index (χ2v) is 11.1. The maximum absolute atomic E-state index is 13.7. The van der Waals surface area contributed by atoms with Crippen LogP contribution in [0.25, 0.3) is 0 Å². The minimum atomic E-state index is -0.737. The first kappa shape index (κ1) is 28.5. The maximum Gasteiger partial charge on any atom is 0.343 e. The number of nitrogens with zero attached hydrogens (tertiary/aromatic N) is 2. The Morgan fingerprint density at radius 2 is 1.49 bits per heavy atom. The van der Waals surface area contributed by atoms with Gasteiger partial charge in [0.05, 0.1) is 27.4 Å². The lowest BCUT2D eigenvalue weighted by Gasteiger charge is -2.30. The van der Waals surface area contributed by atoms with Crippen molar-refractivity contribution in [1.82, 2.24) is 10.0 Å². The van der Waals surface area contributed by atoms with Gasteiger partial charge in [0.1, 0.15) is 12.3 Å². The topological polar surface area (TPSA) is 101 Å². The van der Waals surface area contributed by atoms with Crippen LogP contribution in [0.15, 0.2) is 72.8 Å². The molecule has 3 aromatic rings. The average Bonchev–Trinajstić information content (AvgIpc) is 3.22. The number of Topliss-reactive ketones (excluding diaryl/α,β-unsaturated/α-hetero) is 1. The fourth-order valence-corrected chi connectivity index (χ4v) is 5.60. The highest BCUT2D eigenvalue weighted by Crippen LogP contribution is 2.41. The van der Waals surface area contributed by atoms with Crippen molar-refractivity contribution in [3.63, 3.8) is 0 Å². The number of hydrogen-bond donors (Lipinski definition) is 0. The monoisotopic (exact) mass is 592 g/mol. The van der Waals surface area contributed by atoms with Crippen molar-refractivity contribution < 1.29 is 28.7 Å². The third-order valence-corrected chi connectivity index (χ3v) is 8.24. The molecule has 1 aliphatic heterocycles. The van der Waals surface area contributed by atoms with Gasteiger partial charge in [0, 0.05) is 11.1 Å². The molecule has 1 saturated carbocycles. The summed E-state index contributed by atoms with van der Waals surface area (Å²) in [4.78, 5) is 66.4. The number of fused-ring (bicyclic) bond motifs is 1. The summed E-state index contributed by atoms with van der Waals surface area (Å²) in [6.07, 6.45) is 1.88. The van der Waals surface area contributed by atoms with E-state index in [1.54, 1.807) is 30.3 Å². The summed E-state index contributed by atoms with van der Waals surface area (Å²) in [5, 5.41) is 2.09. The molecule has 0 radical (unpaired) electrons. The van der Waals surface area contributed by atoms with Gasteiger partial charge in [-0.2, -0.15) is 5.01 Å². The summed E-state index contributed by atoms with van der Waals surface area (Å²) in [6.45, 7) is 1.45. The summed E-state index contributed by atoms with van der Waals surface area (Å²) >= 11 is 12.2. The number of amides is 3. The first-order valence-corrected chi connectivity index (χ1v) is 13.9. The zero-order chi connectivity index (χ0) is 29.3. The quantitative estimate of drug-likeness (QED) is 0.147. The van der Waals surface area contributed by atoms with Crippen molar-refractivity contribution >= 4 is 52.7 Å². The number of esters is 1. The second kappa shape index (κ2) is 11.8. The van der Waals surface area contributed by atoms with Crippen LogP contribution < -0.4 is 4.74 Å². The van der Waals surface area contributed by atoms with Crippen molar-refractivity contribution in [2.45, 2.75) is 26.2 Å². The Morgan fingerprint density at radius 3 is 2.17 bits per heavy atom. The highest BCUT2D eigenvalue weighted by atomic mass is 35.5. The van der Waals surface area contributed by atoms with Gasteiger partial charge >= 0.3 is 5.97 Å². The molecule has 1 aliphatic carbocycles. The number of carbonyl (C=O) groups is 5. The van der Waals surface area contributed by atoms with Gasteiger partial charge in [0.25, 0.3) is 17.7 Å². The number of carbonyl (C=O) groups excluding carboxylic acids is 5. The lowest BCUT2D eigenvalue weighted by molar-refractivity contribution is -0.154. The van der Waals surface area contributed by atoms with E-state index in [0.29, 0.717) is 18.4 Å². The minimum Gasteiger partial charge on any atom is -0.423 e. The fraction of sp³-hybridized carbons (Fsp3) is 0.258. The van der Waals surface area contributed by atoms with Gasteiger partial charge < -0.3 is 4.74 Å². The molecule has 1 heterocycles. The molecule has 3 aromatic carbocycles. The van der Waals surface area contributed by atoms with E-state index in [2.05, 4.69) is 0 Å². The van der Waals surface area contributed by atoms with Crippen LogP contribution in [0.1, 0.15) is 57.3 Å². The van der Waals surface area contributed by atoms with Gasteiger partial charge in [-0.25, -0.2) is 9.80 Å². The van der Waals surface area contributed by atoms with Gasteiger partial charge in [-0.05, 0) is 79.8 Å². The van der Waals surface area contributed by atoms with Gasteiger partial charge in [-0.1, -0.05) is 48.3 Å². The Labute approximate surface area is 246 Å². The molecule has 2 fully saturated rings. The Kier molecular flexibility index (Phi) is 8.24. The lowest BCUT2D eigenvalue weighted by atomic mass is 9.76. The van der Waals surface area contributed by atoms with Crippen molar-refractivity contribution in [2.75, 3.05) is 6.54 Å². The predicted molar refractivity (Wildman–Crippen MR) is 152 cm³/mol. The Hall–Kier alpha value is -4.01. The molecular weight excluding hydrogens is 567 g/mol. The van der Waals surface area contributed by atoms with Gasteiger partial charge in [0.2, 0.25) is 0 Å². The molecule has 8 nitrogen and oxygen atoms in total. The number of rotatable bonds is 7. The molecule has 41 heavy (non-hydrogen) atoms. The molecule has 5 rings (SSSR count). The van der Waals surface area contributed by atoms with E-state index in [-0.39, 0.29) is 32.8 Å². The van der Waals surface area contributed by atoms with Crippen molar-refractivity contribution in [3.05, 3.63) is 99.5 Å². The van der Waals surface area contributed by atoms with Crippen molar-refractivity contribution in [3.8, 4) is 5.75 Å². The SMILES string of the molecule is C[C@@H]1CC[C@H]2C(=O)N(N(CC(=O)c3ccc(OC(=O)c4ccccc4)cc3)C(=O)c3ccc(Cl)c(Cl)c3)C(=O)[C@H]2C1. The van der Waals surface area contributed by atoms with E-state index in [1.807, 2.05) is 6.92 Å². The van der Waals surface area contributed by atoms with Crippen LogP contribution in [0.2, 0.25) is 10.0 Å². The zero-order valence-corrected chi connectivity index (χ0v) is 23.6. The van der Waals surface area contributed by atoms with Gasteiger partial charge in [-0.15, -0.1) is 0 Å². The molecule has 1 saturated heterocycles. The molecule has 0 aromatic heterocycles. The lowest BCUT2D eigenvalue weighted by Crippen LogP contribution is -2.52. The van der Waals surface area contributed by atoms with Crippen LogP contribution in [0.4, 0.5) is 0 Å². The number of hydrazine groups is 1. The van der Waals surface area contributed by atoms with E-state index in [1.165, 1.54) is 42.5 Å². The molecule has 3 amide bonds. The summed E-state index contributed by atoms with van der Waals surface area (Å²) in [5.74, 6) is -3.37. The number of benzene rings is 3. The fourth-order valence-electron chi connectivity index (χ4n) is 5.30. The van der Waals surface area contributed by atoms with E-state index in [9.17, 15) is 24.0 Å². The molecule has 2 aliphatic rings. The van der Waals surface area contributed by atoms with Crippen LogP contribution in [0, 0.1) is 17.8 Å². The highest BCUT2D eigenvalue weighted by molar-refractivity contribution is 6.42. The Morgan fingerprint density at radius 1 is 0.829 bits per heavy atom. The van der Waals surface area contributed by atoms with Crippen LogP contribution in [0.5, 0.6) is 5.75 Å². The standard InChI is InChI=1S/C31H26Cl2N2O6/c1-18-7-13-23-24(15-18)30(39)35(29(23)38)34(28(37)21-10-14-25(32)26(33)16-21)17-27(36)19-8-11-22(12-9-19)41-31(40)20-5-3-2-4-6-20/h2-6,8-12,14,16,18,23-24H,7,13,15,17H2,1H3/t18-,23-,24+/m1/s1. The van der Waals surface area contributed by atoms with Crippen molar-refractivity contribution in [1.29, 1.82) is 0 Å². The third kappa shape index (κ3) is 5.89. The Bertz CT molecular complexity index is 1530. The number of imide groups is 1. The summed E-state index contributed by atoms with van der Waals surface area (Å²) in [6, 6.07) is 18.5. The van der Waals surface area contributed by atoms with E-state index in [4.69, 9.17) is 27.9 Å².